The summed E-state index contributed by atoms with van der Waals surface area (Å²) >= 11 is 0. The maximum atomic E-state index is 12.3. The van der Waals surface area contributed by atoms with Gasteiger partial charge in [-0.15, -0.1) is 0 Å². The van der Waals surface area contributed by atoms with Crippen LogP contribution in [0.2, 0.25) is 0 Å². The molecule has 20 heteroatoms. The largest absolute Gasteiger partial charge is 0.379 e. The minimum absolute atomic E-state index is 0.0237. The molecule has 0 radical (unpaired) electrons. The molecule has 0 unspecified atom stereocenters. The van der Waals surface area contributed by atoms with Crippen molar-refractivity contribution in [3.8, 4) is 0 Å². The van der Waals surface area contributed by atoms with E-state index in [-0.39, 0.29) is 64.0 Å². The molecule has 0 atom stereocenters. The van der Waals surface area contributed by atoms with Crippen molar-refractivity contribution in [1.82, 2.24) is 0 Å². The Morgan fingerprint density at radius 1 is 0.234 bits per heavy atom. The highest BCUT2D eigenvalue weighted by Gasteiger charge is 2.52. The maximum absolute atomic E-state index is 12.3. The van der Waals surface area contributed by atoms with E-state index in [2.05, 4.69) is 0 Å². The Kier molecular flexibility index (Phi) is 37.6. The highest BCUT2D eigenvalue weighted by Crippen LogP contribution is 2.26. The quantitative estimate of drug-likeness (QED) is 0.0619. The molecule has 0 bridgehead atoms. The second kappa shape index (κ2) is 38.6. The molecule has 368 valence electrons. The van der Waals surface area contributed by atoms with Crippen molar-refractivity contribution in [2.75, 3.05) is 132 Å². The van der Waals surface area contributed by atoms with E-state index in [1.165, 1.54) is 13.8 Å². The molecule has 0 heterocycles. The number of carbonyl (C=O) groups excluding carboxylic acids is 10. The zero-order valence-electron chi connectivity index (χ0n) is 39.1. The van der Waals surface area contributed by atoms with Crippen LogP contribution in [0.5, 0.6) is 0 Å². The van der Waals surface area contributed by atoms with E-state index in [4.69, 9.17) is 47.4 Å². The van der Waals surface area contributed by atoms with Crippen LogP contribution in [0.3, 0.4) is 0 Å². The molecule has 0 rings (SSSR count). The van der Waals surface area contributed by atoms with Gasteiger partial charge in [0.25, 0.3) is 0 Å². The van der Waals surface area contributed by atoms with Crippen molar-refractivity contribution in [2.24, 2.45) is 10.8 Å². The number of carbonyl (C=O) groups is 10. The SMILES string of the molecule is CC(=O)CCOCCOCCOCCOCCOCCC(=O)C(C(C)=O)(C(C)=O)C(C)=O.CC(=O)CCOCCOCCOCCOCCOCCC(=O)C(C(C)=O)(C(C)=O)C(C)=O. The number of Topliss-reactive ketones (excluding diaryl/α,β-unsaturated/α-hetero) is 10. The molecule has 0 saturated carbocycles. The van der Waals surface area contributed by atoms with Crippen LogP contribution >= 0.6 is 0 Å². The fourth-order valence-corrected chi connectivity index (χ4v) is 5.77. The minimum Gasteiger partial charge on any atom is -0.379 e. The number of hydrogen-bond donors (Lipinski definition) is 0. The van der Waals surface area contributed by atoms with Crippen LogP contribution in [0.1, 0.15) is 81.1 Å². The third-order valence-electron chi connectivity index (χ3n) is 9.12. The standard InChI is InChI=1S/2C22H36O10/c2*1-17(23)5-7-28-9-11-30-13-15-32-16-14-31-12-10-29-8-6-21(27)22(18(2)24,19(3)25)20(4)26/h2*5-16H2,1-4H3. The summed E-state index contributed by atoms with van der Waals surface area (Å²) in [5.41, 5.74) is -4.44. The Balaban J connectivity index is 0. The van der Waals surface area contributed by atoms with Gasteiger partial charge in [0.2, 0.25) is 10.8 Å². The summed E-state index contributed by atoms with van der Waals surface area (Å²) in [5.74, 6) is -5.92. The molecule has 0 aliphatic carbocycles. The lowest BCUT2D eigenvalue weighted by atomic mass is 9.72. The normalized spacial score (nSPS) is 11.4. The van der Waals surface area contributed by atoms with Gasteiger partial charge in [-0.1, -0.05) is 0 Å². The number of hydrogen-bond acceptors (Lipinski definition) is 20. The molecule has 0 aromatic heterocycles. The van der Waals surface area contributed by atoms with Gasteiger partial charge < -0.3 is 47.4 Å². The zero-order chi connectivity index (χ0) is 48.8. The van der Waals surface area contributed by atoms with Crippen molar-refractivity contribution >= 4 is 57.8 Å². The Morgan fingerprint density at radius 3 is 0.516 bits per heavy atom. The molecular formula is C44H72O20. The highest BCUT2D eigenvalue weighted by atomic mass is 16.6. The zero-order valence-corrected chi connectivity index (χ0v) is 39.1. The Bertz CT molecular complexity index is 1260. The summed E-state index contributed by atoms with van der Waals surface area (Å²) in [6, 6.07) is 0. The lowest BCUT2D eigenvalue weighted by molar-refractivity contribution is -0.156. The first-order chi connectivity index (χ1) is 30.3. The van der Waals surface area contributed by atoms with Crippen LogP contribution in [0, 0.1) is 10.8 Å². The van der Waals surface area contributed by atoms with Gasteiger partial charge in [-0.3, -0.25) is 47.9 Å². The molecule has 0 aliphatic heterocycles. The summed E-state index contributed by atoms with van der Waals surface area (Å²) in [7, 11) is 0. The average Bonchev–Trinajstić information content (AvgIpc) is 3.19. The van der Waals surface area contributed by atoms with E-state index in [0.717, 1.165) is 41.5 Å². The summed E-state index contributed by atoms with van der Waals surface area (Å²) in [6.07, 6.45) is 0.381. The number of rotatable bonds is 44. The van der Waals surface area contributed by atoms with E-state index in [1.807, 2.05) is 0 Å². The van der Waals surface area contributed by atoms with Crippen LogP contribution in [-0.2, 0) is 95.3 Å². The fraction of sp³-hybridized carbons (Fsp3) is 0.773. The van der Waals surface area contributed by atoms with Crippen LogP contribution in [0.4, 0.5) is 0 Å². The Labute approximate surface area is 376 Å². The average molecular weight is 921 g/mol. The molecule has 0 aliphatic rings. The van der Waals surface area contributed by atoms with E-state index in [9.17, 15) is 47.9 Å². The van der Waals surface area contributed by atoms with Gasteiger partial charge >= 0.3 is 0 Å². The fourth-order valence-electron chi connectivity index (χ4n) is 5.77. The molecule has 0 aromatic rings. The van der Waals surface area contributed by atoms with Gasteiger partial charge in [-0.05, 0) is 55.4 Å². The second-order valence-electron chi connectivity index (χ2n) is 14.2. The molecule has 0 aromatic carbocycles. The van der Waals surface area contributed by atoms with Crippen LogP contribution in [0.15, 0.2) is 0 Å². The molecule has 0 spiro atoms. The number of ether oxygens (including phenoxy) is 10. The second-order valence-corrected chi connectivity index (χ2v) is 14.2. The summed E-state index contributed by atoms with van der Waals surface area (Å²) in [4.78, 5) is 117. The van der Waals surface area contributed by atoms with Gasteiger partial charge in [-0.25, -0.2) is 0 Å². The molecule has 0 saturated heterocycles. The third-order valence-corrected chi connectivity index (χ3v) is 9.12. The molecular weight excluding hydrogens is 848 g/mol. The van der Waals surface area contributed by atoms with Crippen LogP contribution in [-0.4, -0.2) is 190 Å². The predicted molar refractivity (Wildman–Crippen MR) is 227 cm³/mol. The third kappa shape index (κ3) is 26.9. The smallest absolute Gasteiger partial charge is 0.202 e. The van der Waals surface area contributed by atoms with Crippen molar-refractivity contribution in [2.45, 2.75) is 81.1 Å². The Hall–Kier alpha value is -3.70. The summed E-state index contributed by atoms with van der Waals surface area (Å²) < 4.78 is 53.0. The minimum atomic E-state index is -2.22. The summed E-state index contributed by atoms with van der Waals surface area (Å²) in [6.45, 7) is 16.1. The van der Waals surface area contributed by atoms with Gasteiger partial charge in [0, 0.05) is 25.7 Å². The van der Waals surface area contributed by atoms with Gasteiger partial charge in [0.05, 0.1) is 132 Å². The molecule has 64 heavy (non-hydrogen) atoms. The lowest BCUT2D eigenvalue weighted by Crippen LogP contribution is -2.50. The number of ketones is 10. The topological polar surface area (TPSA) is 263 Å². The van der Waals surface area contributed by atoms with Crippen molar-refractivity contribution in [3.63, 3.8) is 0 Å². The predicted octanol–water partition coefficient (Wildman–Crippen LogP) is 1.52. The van der Waals surface area contributed by atoms with Gasteiger partial charge in [-0.2, -0.15) is 0 Å². The Morgan fingerprint density at radius 2 is 0.375 bits per heavy atom. The summed E-state index contributed by atoms with van der Waals surface area (Å²) in [5, 5.41) is 0. The maximum Gasteiger partial charge on any atom is 0.202 e. The van der Waals surface area contributed by atoms with E-state index >= 15 is 0 Å². The van der Waals surface area contributed by atoms with Crippen molar-refractivity contribution in [1.29, 1.82) is 0 Å². The molecule has 20 nitrogen and oxygen atoms in total. The van der Waals surface area contributed by atoms with Crippen molar-refractivity contribution < 1.29 is 95.3 Å². The molecule has 0 fully saturated rings. The van der Waals surface area contributed by atoms with Gasteiger partial charge in [0.15, 0.2) is 46.3 Å². The van der Waals surface area contributed by atoms with Crippen LogP contribution in [0.25, 0.3) is 0 Å². The highest BCUT2D eigenvalue weighted by molar-refractivity contribution is 6.38. The van der Waals surface area contributed by atoms with Crippen LogP contribution < -0.4 is 0 Å². The van der Waals surface area contributed by atoms with E-state index < -0.39 is 57.1 Å². The van der Waals surface area contributed by atoms with Gasteiger partial charge in [0.1, 0.15) is 11.6 Å². The lowest BCUT2D eigenvalue weighted by Gasteiger charge is -2.23. The first kappa shape index (κ1) is 62.4. The molecule has 0 amide bonds. The van der Waals surface area contributed by atoms with E-state index in [1.54, 1.807) is 0 Å². The monoisotopic (exact) mass is 920 g/mol. The van der Waals surface area contributed by atoms with Crippen molar-refractivity contribution in [3.05, 3.63) is 0 Å². The first-order valence-electron chi connectivity index (χ1n) is 21.2. The first-order valence-corrected chi connectivity index (χ1v) is 21.2. The molecule has 0 N–H and O–H groups in total. The van der Waals surface area contributed by atoms with E-state index in [0.29, 0.717) is 105 Å².